The van der Waals surface area contributed by atoms with Gasteiger partial charge in [0.25, 0.3) is 5.91 Å². The number of hydrogen-bond donors (Lipinski definition) is 6. The summed E-state index contributed by atoms with van der Waals surface area (Å²) in [5.74, 6) is -1.01. The van der Waals surface area contributed by atoms with Gasteiger partial charge in [-0.15, -0.1) is 0 Å². The van der Waals surface area contributed by atoms with Gasteiger partial charge in [0.15, 0.2) is 0 Å². The molecule has 10 heteroatoms. The number of thiol groups is 3. The molecule has 7 nitrogen and oxygen atoms in total. The Kier molecular flexibility index (Phi) is 10.4. The lowest BCUT2D eigenvalue weighted by atomic mass is 10.2. The monoisotopic (exact) mass is 352 g/mol. The predicted molar refractivity (Wildman–Crippen MR) is 92.8 cm³/mol. The van der Waals surface area contributed by atoms with Gasteiger partial charge < -0.3 is 16.0 Å². The van der Waals surface area contributed by atoms with Gasteiger partial charge in [0.05, 0.1) is 0 Å². The average Bonchev–Trinajstić information content (AvgIpc) is 2.50. The van der Waals surface area contributed by atoms with Gasteiger partial charge in [-0.1, -0.05) is 0 Å². The fourth-order valence-electron chi connectivity index (χ4n) is 1.32. The highest BCUT2D eigenvalue weighted by molar-refractivity contribution is 7.81. The summed E-state index contributed by atoms with van der Waals surface area (Å²) in [7, 11) is 2.92. The summed E-state index contributed by atoms with van der Waals surface area (Å²) in [6, 6.07) is -1.67. The molecule has 0 fully saturated rings. The van der Waals surface area contributed by atoms with Crippen molar-refractivity contribution in [3.63, 3.8) is 0 Å². The fraction of sp³-hybridized carbons (Fsp3) is 0.636. The van der Waals surface area contributed by atoms with E-state index in [0.717, 1.165) is 0 Å². The van der Waals surface area contributed by atoms with Crippen molar-refractivity contribution in [2.24, 2.45) is 4.99 Å². The lowest BCUT2D eigenvalue weighted by Crippen LogP contribution is -2.55. The molecule has 0 spiro atoms. The van der Waals surface area contributed by atoms with Gasteiger partial charge in [-0.05, 0) is 0 Å². The molecule has 0 saturated heterocycles. The van der Waals surface area contributed by atoms with Crippen molar-refractivity contribution in [2.75, 3.05) is 31.4 Å². The summed E-state index contributed by atoms with van der Waals surface area (Å²) in [4.78, 5) is 39.1. The second-order valence-corrected chi connectivity index (χ2v) is 4.94. The molecule has 120 valence electrons. The summed E-state index contributed by atoms with van der Waals surface area (Å²) < 4.78 is 0. The molecular weight excluding hydrogens is 332 g/mol. The number of hydrogen-bond acceptors (Lipinski definition) is 7. The summed E-state index contributed by atoms with van der Waals surface area (Å²) >= 11 is 12.0. The van der Waals surface area contributed by atoms with E-state index in [2.05, 4.69) is 58.8 Å². The highest BCUT2D eigenvalue weighted by atomic mass is 32.1. The third-order valence-corrected chi connectivity index (χ3v) is 3.58. The van der Waals surface area contributed by atoms with Crippen molar-refractivity contribution >= 4 is 61.3 Å². The standard InChI is InChI=1S/C11H20N4O3S3/c1-12-6(3-19)10(17)15-8(5-21)11(18)14-7(4-20)9(16)13-2/h7-8,19-21H,3-5H2,1-2H3,(H,13,16)(H,14,18)(H,15,17)/b12-6+/t7-,8-/m0/s1. The van der Waals surface area contributed by atoms with Crippen LogP contribution in [0.3, 0.4) is 0 Å². The quantitative estimate of drug-likeness (QED) is 0.238. The van der Waals surface area contributed by atoms with Gasteiger partial charge in [-0.3, -0.25) is 19.4 Å². The summed E-state index contributed by atoms with van der Waals surface area (Å²) in [5, 5.41) is 7.41. The van der Waals surface area contributed by atoms with Crippen LogP contribution in [0.5, 0.6) is 0 Å². The summed E-state index contributed by atoms with van der Waals surface area (Å²) in [6.07, 6.45) is 0. The van der Waals surface area contributed by atoms with Gasteiger partial charge >= 0.3 is 0 Å². The van der Waals surface area contributed by atoms with Crippen LogP contribution in [0, 0.1) is 0 Å². The van der Waals surface area contributed by atoms with E-state index in [-0.39, 0.29) is 28.9 Å². The largest absolute Gasteiger partial charge is 0.357 e. The van der Waals surface area contributed by atoms with Crippen molar-refractivity contribution in [3.05, 3.63) is 0 Å². The second-order valence-electron chi connectivity index (χ2n) is 3.90. The van der Waals surface area contributed by atoms with Crippen LogP contribution in [-0.2, 0) is 14.4 Å². The van der Waals surface area contributed by atoms with E-state index in [1.165, 1.54) is 14.1 Å². The Labute approximate surface area is 140 Å². The van der Waals surface area contributed by atoms with Crippen LogP contribution in [0.15, 0.2) is 4.99 Å². The Morgan fingerprint density at radius 2 is 1.52 bits per heavy atom. The average molecular weight is 353 g/mol. The van der Waals surface area contributed by atoms with Crippen LogP contribution >= 0.6 is 37.9 Å². The number of likely N-dealkylation sites (N-methyl/N-ethyl adjacent to an activating group) is 1. The first-order valence-corrected chi connectivity index (χ1v) is 7.95. The van der Waals surface area contributed by atoms with E-state index < -0.39 is 23.9 Å². The van der Waals surface area contributed by atoms with Crippen LogP contribution in [0.25, 0.3) is 0 Å². The molecule has 0 aliphatic carbocycles. The molecular formula is C11H20N4O3S3. The zero-order valence-corrected chi connectivity index (χ0v) is 14.5. The molecule has 3 N–H and O–H groups in total. The molecule has 0 unspecified atom stereocenters. The minimum atomic E-state index is -0.885. The van der Waals surface area contributed by atoms with Crippen LogP contribution in [0.4, 0.5) is 0 Å². The molecule has 0 aromatic rings. The smallest absolute Gasteiger partial charge is 0.266 e. The number of nitrogens with one attached hydrogen (secondary N) is 3. The minimum Gasteiger partial charge on any atom is -0.357 e. The third-order valence-electron chi connectivity index (χ3n) is 2.55. The van der Waals surface area contributed by atoms with Gasteiger partial charge in [0.1, 0.15) is 17.8 Å². The molecule has 21 heavy (non-hydrogen) atoms. The SMILES string of the molecule is C/N=C(\CS)C(=O)N[C@@H](CS)C(=O)N[C@@H](CS)C(=O)NC. The predicted octanol–water partition coefficient (Wildman–Crippen LogP) is -1.44. The maximum Gasteiger partial charge on any atom is 0.266 e. The molecule has 0 bridgehead atoms. The van der Waals surface area contributed by atoms with Crippen molar-refractivity contribution in [1.29, 1.82) is 0 Å². The van der Waals surface area contributed by atoms with Gasteiger partial charge in [0, 0.05) is 31.4 Å². The van der Waals surface area contributed by atoms with Crippen molar-refractivity contribution in [2.45, 2.75) is 12.1 Å². The van der Waals surface area contributed by atoms with Gasteiger partial charge in [-0.25, -0.2) is 0 Å². The zero-order valence-electron chi connectivity index (χ0n) is 11.8. The zero-order chi connectivity index (χ0) is 16.4. The Morgan fingerprint density at radius 1 is 1.00 bits per heavy atom. The summed E-state index contributed by atoms with van der Waals surface area (Å²) in [5.41, 5.74) is 0.204. The normalized spacial score (nSPS) is 14.0. The fourth-order valence-corrected chi connectivity index (χ4v) is 2.12. The number of rotatable bonds is 8. The van der Waals surface area contributed by atoms with Crippen LogP contribution in [0.2, 0.25) is 0 Å². The van der Waals surface area contributed by atoms with E-state index >= 15 is 0 Å². The van der Waals surface area contributed by atoms with E-state index in [1.807, 2.05) is 0 Å². The van der Waals surface area contributed by atoms with Crippen molar-refractivity contribution in [3.8, 4) is 0 Å². The van der Waals surface area contributed by atoms with Crippen LogP contribution in [0.1, 0.15) is 0 Å². The van der Waals surface area contributed by atoms with Crippen LogP contribution < -0.4 is 16.0 Å². The molecule has 2 atom stereocenters. The highest BCUT2D eigenvalue weighted by Gasteiger charge is 2.25. The Hall–Kier alpha value is -0.870. The molecule has 0 rings (SSSR count). The Balaban J connectivity index is 4.76. The second kappa shape index (κ2) is 10.8. The van der Waals surface area contributed by atoms with E-state index in [1.54, 1.807) is 0 Å². The Morgan fingerprint density at radius 3 is 1.90 bits per heavy atom. The lowest BCUT2D eigenvalue weighted by molar-refractivity contribution is -0.130. The first-order chi connectivity index (χ1) is 9.94. The van der Waals surface area contributed by atoms with Gasteiger partial charge in [0.2, 0.25) is 11.8 Å². The molecule has 0 aromatic heterocycles. The maximum atomic E-state index is 12.1. The molecule has 3 amide bonds. The first-order valence-electron chi connectivity index (χ1n) is 6.06. The number of aliphatic imine (C=N–C) groups is 1. The van der Waals surface area contributed by atoms with E-state index in [0.29, 0.717) is 0 Å². The number of carbonyl (C=O) groups excluding carboxylic acids is 3. The number of carbonyl (C=O) groups is 3. The molecule has 0 heterocycles. The van der Waals surface area contributed by atoms with Crippen molar-refractivity contribution < 1.29 is 14.4 Å². The van der Waals surface area contributed by atoms with Crippen LogP contribution in [-0.4, -0.2) is 66.9 Å². The van der Waals surface area contributed by atoms with E-state index in [9.17, 15) is 14.4 Å². The highest BCUT2D eigenvalue weighted by Crippen LogP contribution is 1.95. The number of nitrogens with zero attached hydrogens (tertiary/aromatic N) is 1. The van der Waals surface area contributed by atoms with Crippen molar-refractivity contribution in [1.82, 2.24) is 16.0 Å². The molecule has 0 saturated carbocycles. The van der Waals surface area contributed by atoms with Gasteiger partial charge in [-0.2, -0.15) is 37.9 Å². The first kappa shape index (κ1) is 20.1. The maximum absolute atomic E-state index is 12.1. The molecule has 0 aromatic carbocycles. The van der Waals surface area contributed by atoms with E-state index in [4.69, 9.17) is 0 Å². The minimum absolute atomic E-state index is 0.0776. The molecule has 0 aliphatic heterocycles. The molecule has 0 aliphatic rings. The Bertz CT molecular complexity index is 418. The summed E-state index contributed by atoms with van der Waals surface area (Å²) in [6.45, 7) is 0. The third kappa shape index (κ3) is 6.62. The topological polar surface area (TPSA) is 99.7 Å². The number of amides is 3. The molecule has 0 radical (unpaired) electrons. The lowest BCUT2D eigenvalue weighted by Gasteiger charge is -2.20.